The minimum Gasteiger partial charge on any atom is -0.406 e. The van der Waals surface area contributed by atoms with Gasteiger partial charge in [0.1, 0.15) is 5.78 Å². The first-order valence-corrected chi connectivity index (χ1v) is 15.3. The Kier molecular flexibility index (Phi) is 21.9. The number of unbranched alkanes of at least 4 members (excludes halogenated alkanes) is 6. The van der Waals surface area contributed by atoms with Crippen LogP contribution in [0.25, 0.3) is 0 Å². The van der Waals surface area contributed by atoms with Gasteiger partial charge in [-0.1, -0.05) is 40.0 Å². The fraction of sp³-hybridized carbons (Fsp3) is 0.815. The van der Waals surface area contributed by atoms with E-state index in [1.807, 2.05) is 20.8 Å². The maximum Gasteiger partial charge on any atom is 0.234 e. The van der Waals surface area contributed by atoms with Gasteiger partial charge < -0.3 is 25.9 Å². The van der Waals surface area contributed by atoms with E-state index >= 15 is 0 Å². The van der Waals surface area contributed by atoms with Crippen LogP contribution in [0.3, 0.4) is 0 Å². The lowest BCUT2D eigenvalue weighted by atomic mass is 9.88. The Balaban J connectivity index is 4.56. The van der Waals surface area contributed by atoms with Gasteiger partial charge in [-0.25, -0.2) is 0 Å². The maximum atomic E-state index is 12.6. The van der Waals surface area contributed by atoms with Gasteiger partial charge in [0, 0.05) is 37.9 Å². The molecule has 0 bridgehead atoms. The van der Waals surface area contributed by atoms with E-state index in [1.54, 1.807) is 12.9 Å². The molecule has 0 saturated carbocycles. The van der Waals surface area contributed by atoms with Crippen molar-refractivity contribution in [2.24, 2.45) is 5.41 Å². The first-order chi connectivity index (χ1) is 19.3. The first-order valence-electron chi connectivity index (χ1n) is 15.3. The summed E-state index contributed by atoms with van der Waals surface area (Å²) in [7, 11) is 5.70. The van der Waals surface area contributed by atoms with Crippen LogP contribution in [0, 0.1) is 5.41 Å². The summed E-state index contributed by atoms with van der Waals surface area (Å²) in [6, 6.07) is 0. The highest BCUT2D eigenvalue weighted by Gasteiger charge is 2.20. The van der Waals surface area contributed by atoms with Crippen LogP contribution in [0.1, 0.15) is 91.4 Å². The molecule has 4 N–H and O–H groups in total. The monoisotopic (exact) mass is 576 g/mol. The fourth-order valence-corrected chi connectivity index (χ4v) is 4.03. The molecule has 232 valence electrons. The van der Waals surface area contributed by atoms with Gasteiger partial charge in [-0.2, -0.15) is 0 Å². The fourth-order valence-electron chi connectivity index (χ4n) is 4.03. The lowest BCUT2D eigenvalue weighted by Crippen LogP contribution is -2.47. The molecule has 0 aromatic heterocycles. The highest BCUT2D eigenvalue weighted by molar-refractivity contribution is 6.24. The van der Waals surface area contributed by atoms with Crippen LogP contribution in [0.5, 0.6) is 0 Å². The van der Waals surface area contributed by atoms with Gasteiger partial charge in [0.25, 0.3) is 0 Å². The Labute approximate surface area is 250 Å². The maximum absolute atomic E-state index is 12.6. The first kappa shape index (κ1) is 38.7. The molecular weight excluding hydrogens is 521 g/mol. The van der Waals surface area contributed by atoms with Crippen molar-refractivity contribution in [1.29, 1.82) is 0 Å². The molecule has 0 spiro atoms. The third-order valence-corrected chi connectivity index (χ3v) is 6.63. The second kappa shape index (κ2) is 23.3. The van der Waals surface area contributed by atoms with Crippen LogP contribution in [-0.2, 0) is 24.0 Å². The predicted octanol–water partition coefficient (Wildman–Crippen LogP) is -1.39. The summed E-state index contributed by atoms with van der Waals surface area (Å²) in [5.74, 6) is -0.526. The summed E-state index contributed by atoms with van der Waals surface area (Å²) in [6.45, 7) is 8.09. The van der Waals surface area contributed by atoms with E-state index in [0.29, 0.717) is 45.3 Å². The number of nitrogens with one attached hydrogen (secondary N) is 4. The number of nitrogens with zero attached hydrogens (tertiary/aromatic N) is 2. The van der Waals surface area contributed by atoms with Gasteiger partial charge in [-0.15, -0.1) is 0 Å². The Morgan fingerprint density at radius 3 is 1.44 bits per heavy atom. The number of ketones is 1. The third kappa shape index (κ3) is 24.0. The number of hydrogen-bond donors (Lipinski definition) is 4. The number of rotatable bonds is 24. The van der Waals surface area contributed by atoms with Crippen LogP contribution >= 0.6 is 0 Å². The van der Waals surface area contributed by atoms with Crippen molar-refractivity contribution in [1.82, 2.24) is 30.8 Å². The summed E-state index contributed by atoms with van der Waals surface area (Å²) >= 11 is 0. The zero-order chi connectivity index (χ0) is 31.1. The molecule has 0 rings (SSSR count). The van der Waals surface area contributed by atoms with Gasteiger partial charge >= 0.3 is 0 Å². The van der Waals surface area contributed by atoms with Crippen LogP contribution in [0.2, 0.25) is 0 Å². The molecule has 0 atom stereocenters. The average molecular weight is 576 g/mol. The van der Waals surface area contributed by atoms with Crippen molar-refractivity contribution in [3.05, 3.63) is 0 Å². The highest BCUT2D eigenvalue weighted by Crippen LogP contribution is 2.18. The number of hydrogen-bond acceptors (Lipinski definition) is 7. The Bertz CT molecular complexity index is 796. The van der Waals surface area contributed by atoms with E-state index in [9.17, 15) is 24.0 Å². The second-order valence-corrected chi connectivity index (χ2v) is 12.0. The van der Waals surface area contributed by atoms with Crippen molar-refractivity contribution in [3.63, 3.8) is 0 Å². The standard InChI is InChI=1S/C27H55B3N6O5/c1-27(2,3)22(37)13-7-6-10-16-32-25(40)20-35(21-26(41)33-17-11-8-14-23(38)34-28)19-24(39)31-15-9-4-5-12-18-36(29)30/h4-21,28-30H2,1-3H3,(H,31,39)(H,32,40)(H,33,41)(H,34,38). The van der Waals surface area contributed by atoms with Crippen LogP contribution in [-0.4, -0.2) is 109 Å². The molecule has 0 fully saturated rings. The third-order valence-electron chi connectivity index (χ3n) is 6.63. The molecular formula is C27H55B3N6O5. The molecule has 0 saturated heterocycles. The SMILES string of the molecule is BNC(=O)CCCCNC(=O)CN(CC(=O)NCCCCCCN(B)B)CC(=O)NCCCCCC(=O)C(C)(C)C. The minimum atomic E-state index is -0.326. The summed E-state index contributed by atoms with van der Waals surface area (Å²) in [5, 5.41) is 11.1. The van der Waals surface area contributed by atoms with E-state index in [-0.39, 0.29) is 54.5 Å². The molecule has 0 heterocycles. The molecule has 0 aliphatic rings. The van der Waals surface area contributed by atoms with Gasteiger partial charge in [0.05, 0.1) is 19.6 Å². The molecule has 0 unspecified atom stereocenters. The van der Waals surface area contributed by atoms with Gasteiger partial charge in [0.15, 0.2) is 16.0 Å². The quantitative estimate of drug-likeness (QED) is 0.0820. The van der Waals surface area contributed by atoms with Crippen LogP contribution in [0.15, 0.2) is 0 Å². The normalized spacial score (nSPS) is 11.3. The predicted molar refractivity (Wildman–Crippen MR) is 171 cm³/mol. The molecule has 0 aromatic carbocycles. The Morgan fingerprint density at radius 1 is 0.585 bits per heavy atom. The van der Waals surface area contributed by atoms with Crippen LogP contribution < -0.4 is 21.2 Å². The Hall–Kier alpha value is -2.34. The second-order valence-electron chi connectivity index (χ2n) is 12.0. The molecule has 11 nitrogen and oxygen atoms in total. The summed E-state index contributed by atoms with van der Waals surface area (Å²) in [4.78, 5) is 62.5. The highest BCUT2D eigenvalue weighted by atomic mass is 16.2. The van der Waals surface area contributed by atoms with Crippen molar-refractivity contribution >= 4 is 53.4 Å². The molecule has 41 heavy (non-hydrogen) atoms. The minimum absolute atomic E-state index is 0.0357. The molecule has 4 amide bonds. The zero-order valence-corrected chi connectivity index (χ0v) is 26.7. The molecule has 14 heteroatoms. The largest absolute Gasteiger partial charge is 0.406 e. The van der Waals surface area contributed by atoms with Gasteiger partial charge in [0.2, 0.25) is 31.6 Å². The summed E-state index contributed by atoms with van der Waals surface area (Å²) < 4.78 is 2.16. The number of carbonyl (C=O) groups is 5. The van der Waals surface area contributed by atoms with Crippen molar-refractivity contribution in [3.8, 4) is 0 Å². The van der Waals surface area contributed by atoms with Crippen molar-refractivity contribution in [2.45, 2.75) is 91.4 Å². The van der Waals surface area contributed by atoms with Gasteiger partial charge in [-0.3, -0.25) is 28.9 Å². The lowest BCUT2D eigenvalue weighted by Gasteiger charge is -2.21. The Morgan fingerprint density at radius 2 is 1.00 bits per heavy atom. The molecule has 0 aliphatic heterocycles. The van der Waals surface area contributed by atoms with E-state index in [1.165, 1.54) is 0 Å². The topological polar surface area (TPSA) is 140 Å². The zero-order valence-electron chi connectivity index (χ0n) is 26.7. The average Bonchev–Trinajstić information content (AvgIpc) is 2.88. The molecule has 0 aliphatic carbocycles. The van der Waals surface area contributed by atoms with E-state index in [2.05, 4.69) is 41.9 Å². The molecule has 0 radical (unpaired) electrons. The number of Topliss-reactive ketones (excluding diaryl/α,β-unsaturated/α-hetero) is 1. The van der Waals surface area contributed by atoms with Crippen molar-refractivity contribution in [2.75, 3.05) is 45.8 Å². The lowest BCUT2D eigenvalue weighted by molar-refractivity contribution is -0.128. The van der Waals surface area contributed by atoms with E-state index in [0.717, 1.165) is 51.5 Å². The smallest absolute Gasteiger partial charge is 0.234 e. The molecule has 0 aromatic rings. The van der Waals surface area contributed by atoms with E-state index < -0.39 is 0 Å². The number of amides is 4. The van der Waals surface area contributed by atoms with E-state index in [4.69, 9.17) is 0 Å². The summed E-state index contributed by atoms with van der Waals surface area (Å²) in [5.41, 5.74) is -0.326. The number of carbonyl (C=O) groups excluding carboxylic acids is 5. The van der Waals surface area contributed by atoms with Crippen LogP contribution in [0.4, 0.5) is 0 Å². The summed E-state index contributed by atoms with van der Waals surface area (Å²) in [6.07, 6.45) is 8.81. The van der Waals surface area contributed by atoms with Crippen molar-refractivity contribution < 1.29 is 24.0 Å². The van der Waals surface area contributed by atoms with Gasteiger partial charge in [-0.05, 0) is 45.1 Å².